The molecule has 2 aromatic rings. The van der Waals surface area contributed by atoms with Crippen molar-refractivity contribution in [3.63, 3.8) is 0 Å². The van der Waals surface area contributed by atoms with Crippen LogP contribution in [-0.2, 0) is 12.3 Å². The SMILES string of the molecule is CCCCCCSCc1cc2cn(CCCC)c(=O)nc2o1. The zero-order chi connectivity index (χ0) is 15.8. The third kappa shape index (κ3) is 4.90. The Bertz CT molecular complexity index is 633. The number of rotatable bonds is 10. The van der Waals surface area contributed by atoms with Gasteiger partial charge in [0.05, 0.1) is 11.1 Å². The lowest BCUT2D eigenvalue weighted by atomic mass is 10.2. The van der Waals surface area contributed by atoms with Gasteiger partial charge in [0.1, 0.15) is 5.76 Å². The van der Waals surface area contributed by atoms with Crippen molar-refractivity contribution >= 4 is 22.9 Å². The van der Waals surface area contributed by atoms with Crippen LogP contribution in [0.1, 0.15) is 58.1 Å². The van der Waals surface area contributed by atoms with E-state index in [-0.39, 0.29) is 5.69 Å². The summed E-state index contributed by atoms with van der Waals surface area (Å²) in [5.74, 6) is 2.93. The van der Waals surface area contributed by atoms with Crippen LogP contribution in [0.25, 0.3) is 11.1 Å². The molecule has 2 aromatic heterocycles. The standard InChI is InChI=1S/C17H26N2O2S/c1-3-5-7-8-10-22-13-15-11-14-12-19(9-6-4-2)17(20)18-16(14)21-15/h11-12H,3-10,13H2,1-2H3. The van der Waals surface area contributed by atoms with Crippen molar-refractivity contribution in [3.05, 3.63) is 28.5 Å². The van der Waals surface area contributed by atoms with Crippen molar-refractivity contribution in [1.82, 2.24) is 9.55 Å². The molecule has 0 unspecified atom stereocenters. The Labute approximate surface area is 136 Å². The lowest BCUT2D eigenvalue weighted by molar-refractivity contribution is 0.551. The van der Waals surface area contributed by atoms with E-state index >= 15 is 0 Å². The molecule has 0 saturated carbocycles. The van der Waals surface area contributed by atoms with E-state index in [0.717, 1.165) is 42.0 Å². The van der Waals surface area contributed by atoms with Crippen molar-refractivity contribution in [2.24, 2.45) is 0 Å². The molecule has 4 nitrogen and oxygen atoms in total. The molecule has 22 heavy (non-hydrogen) atoms. The fraction of sp³-hybridized carbons (Fsp3) is 0.647. The van der Waals surface area contributed by atoms with Gasteiger partial charge in [-0.2, -0.15) is 16.7 Å². The van der Waals surface area contributed by atoms with Crippen LogP contribution in [0, 0.1) is 0 Å². The molecule has 5 heteroatoms. The first kappa shape index (κ1) is 17.1. The van der Waals surface area contributed by atoms with Crippen molar-refractivity contribution in [3.8, 4) is 0 Å². The Morgan fingerprint density at radius 3 is 2.77 bits per heavy atom. The maximum Gasteiger partial charge on any atom is 0.350 e. The average Bonchev–Trinajstić information content (AvgIpc) is 2.90. The fourth-order valence-electron chi connectivity index (χ4n) is 2.37. The molecule has 0 aromatic carbocycles. The van der Waals surface area contributed by atoms with Gasteiger partial charge in [0.25, 0.3) is 0 Å². The lowest BCUT2D eigenvalue weighted by Crippen LogP contribution is -2.21. The second kappa shape index (κ2) is 9.03. The quantitative estimate of drug-likeness (QED) is 0.600. The minimum Gasteiger partial charge on any atom is -0.442 e. The molecule has 0 aliphatic rings. The number of nitrogens with zero attached hydrogens (tertiary/aromatic N) is 2. The van der Waals surface area contributed by atoms with Crippen LogP contribution in [-0.4, -0.2) is 15.3 Å². The molecule has 0 radical (unpaired) electrons. The maximum atomic E-state index is 11.9. The Kier molecular flexibility index (Phi) is 7.03. The van der Waals surface area contributed by atoms with Crippen molar-refractivity contribution in [2.75, 3.05) is 5.75 Å². The molecule has 122 valence electrons. The predicted molar refractivity (Wildman–Crippen MR) is 93.5 cm³/mol. The van der Waals surface area contributed by atoms with Crippen molar-refractivity contribution < 1.29 is 4.42 Å². The van der Waals surface area contributed by atoms with E-state index < -0.39 is 0 Å². The van der Waals surface area contributed by atoms with E-state index in [1.807, 2.05) is 24.0 Å². The lowest BCUT2D eigenvalue weighted by Gasteiger charge is -2.01. The van der Waals surface area contributed by atoms with Gasteiger partial charge in [-0.3, -0.25) is 4.57 Å². The molecule has 0 saturated heterocycles. The van der Waals surface area contributed by atoms with E-state index in [1.54, 1.807) is 4.57 Å². The van der Waals surface area contributed by atoms with Crippen LogP contribution in [0.15, 0.2) is 21.5 Å². The van der Waals surface area contributed by atoms with E-state index in [0.29, 0.717) is 5.71 Å². The molecule has 0 bridgehead atoms. The molecule has 2 heterocycles. The van der Waals surface area contributed by atoms with Crippen LogP contribution in [0.5, 0.6) is 0 Å². The maximum absolute atomic E-state index is 11.9. The summed E-state index contributed by atoms with van der Waals surface area (Å²) in [4.78, 5) is 15.9. The number of fused-ring (bicyclic) bond motifs is 1. The summed E-state index contributed by atoms with van der Waals surface area (Å²) in [6, 6.07) is 2.02. The summed E-state index contributed by atoms with van der Waals surface area (Å²) in [5.41, 5.74) is 0.258. The first-order chi connectivity index (χ1) is 10.7. The molecule has 0 amide bonds. The third-order valence-electron chi connectivity index (χ3n) is 3.67. The number of aryl methyl sites for hydroxylation is 1. The van der Waals surface area contributed by atoms with Crippen LogP contribution in [0.2, 0.25) is 0 Å². The zero-order valence-corrected chi connectivity index (χ0v) is 14.5. The first-order valence-electron chi connectivity index (χ1n) is 8.32. The molecule has 0 aliphatic heterocycles. The van der Waals surface area contributed by atoms with Gasteiger partial charge in [0.2, 0.25) is 5.71 Å². The number of unbranched alkanes of at least 4 members (excludes halogenated alkanes) is 4. The van der Waals surface area contributed by atoms with Gasteiger partial charge in [-0.25, -0.2) is 4.79 Å². The zero-order valence-electron chi connectivity index (χ0n) is 13.6. The van der Waals surface area contributed by atoms with Crippen molar-refractivity contribution in [1.29, 1.82) is 0 Å². The Morgan fingerprint density at radius 2 is 2.00 bits per heavy atom. The molecular weight excluding hydrogens is 296 g/mol. The Balaban J connectivity index is 1.93. The van der Waals surface area contributed by atoms with Gasteiger partial charge in [-0.15, -0.1) is 0 Å². The summed E-state index contributed by atoms with van der Waals surface area (Å²) in [6.07, 6.45) is 9.09. The predicted octanol–water partition coefficient (Wildman–Crippen LogP) is 4.60. The molecule has 2 rings (SSSR count). The van der Waals surface area contributed by atoms with Gasteiger partial charge in [-0.05, 0) is 24.7 Å². The highest BCUT2D eigenvalue weighted by Gasteiger charge is 2.08. The third-order valence-corrected chi connectivity index (χ3v) is 4.73. The highest BCUT2D eigenvalue weighted by molar-refractivity contribution is 7.98. The van der Waals surface area contributed by atoms with Crippen molar-refractivity contribution in [2.45, 2.75) is 64.7 Å². The monoisotopic (exact) mass is 322 g/mol. The summed E-state index contributed by atoms with van der Waals surface area (Å²) >= 11 is 1.89. The molecular formula is C17H26N2O2S. The second-order valence-electron chi connectivity index (χ2n) is 5.66. The van der Waals surface area contributed by atoms with Gasteiger partial charge in [-0.1, -0.05) is 39.5 Å². The summed E-state index contributed by atoms with van der Waals surface area (Å²) < 4.78 is 7.37. The Hall–Kier alpha value is -1.23. The van der Waals surface area contributed by atoms with Crippen LogP contribution in [0.4, 0.5) is 0 Å². The first-order valence-corrected chi connectivity index (χ1v) is 9.47. The Morgan fingerprint density at radius 1 is 1.18 bits per heavy atom. The molecule has 0 aliphatic carbocycles. The van der Waals surface area contributed by atoms with Gasteiger partial charge in [0, 0.05) is 12.7 Å². The molecule has 0 spiro atoms. The second-order valence-corrected chi connectivity index (χ2v) is 6.76. The topological polar surface area (TPSA) is 48.0 Å². The summed E-state index contributed by atoms with van der Waals surface area (Å²) in [6.45, 7) is 5.07. The minimum atomic E-state index is -0.214. The fourth-order valence-corrected chi connectivity index (χ4v) is 3.26. The van der Waals surface area contributed by atoms with E-state index in [1.165, 1.54) is 25.7 Å². The molecule has 0 atom stereocenters. The van der Waals surface area contributed by atoms with Gasteiger partial charge < -0.3 is 4.42 Å². The number of thioether (sulfide) groups is 1. The molecule has 0 N–H and O–H groups in total. The average molecular weight is 322 g/mol. The number of furan rings is 1. The minimum absolute atomic E-state index is 0.214. The molecule has 0 fully saturated rings. The number of hydrogen-bond donors (Lipinski definition) is 0. The summed E-state index contributed by atoms with van der Waals surface area (Å²) in [7, 11) is 0. The largest absolute Gasteiger partial charge is 0.442 e. The smallest absolute Gasteiger partial charge is 0.350 e. The number of hydrogen-bond acceptors (Lipinski definition) is 4. The summed E-state index contributed by atoms with van der Waals surface area (Å²) in [5, 5.41) is 0.928. The van der Waals surface area contributed by atoms with Gasteiger partial charge in [0.15, 0.2) is 0 Å². The van der Waals surface area contributed by atoms with E-state index in [2.05, 4.69) is 18.8 Å². The highest BCUT2D eigenvalue weighted by Crippen LogP contribution is 2.21. The van der Waals surface area contributed by atoms with E-state index in [4.69, 9.17) is 4.42 Å². The van der Waals surface area contributed by atoms with Gasteiger partial charge >= 0.3 is 5.69 Å². The van der Waals surface area contributed by atoms with Crippen LogP contribution >= 0.6 is 11.8 Å². The van der Waals surface area contributed by atoms with E-state index in [9.17, 15) is 4.79 Å². The van der Waals surface area contributed by atoms with Crippen LogP contribution in [0.3, 0.4) is 0 Å². The van der Waals surface area contributed by atoms with Crippen LogP contribution < -0.4 is 5.69 Å². The highest BCUT2D eigenvalue weighted by atomic mass is 32.2. The normalized spacial score (nSPS) is 11.4. The number of aromatic nitrogens is 2.